The minimum Gasteiger partial charge on any atom is -0.496 e. The molecular weight excluding hydrogens is 418 g/mol. The van der Waals surface area contributed by atoms with Crippen molar-refractivity contribution in [2.24, 2.45) is 7.05 Å². The van der Waals surface area contributed by atoms with Gasteiger partial charge >= 0.3 is 0 Å². The number of ether oxygens (including phenoxy) is 1. The zero-order chi connectivity index (χ0) is 22.7. The third kappa shape index (κ3) is 2.85. The third-order valence-corrected chi connectivity index (χ3v) is 5.97. The fourth-order valence-corrected chi connectivity index (χ4v) is 4.50. The van der Waals surface area contributed by atoms with Crippen molar-refractivity contribution in [1.82, 2.24) is 29.9 Å². The first-order chi connectivity index (χ1) is 16.0. The van der Waals surface area contributed by atoms with Gasteiger partial charge in [0, 0.05) is 35.9 Å². The number of fused-ring (bicyclic) bond motifs is 4. The fourth-order valence-electron chi connectivity index (χ4n) is 4.50. The molecule has 0 aliphatic carbocycles. The number of methoxy groups -OCH3 is 1. The zero-order valence-electron chi connectivity index (χ0n) is 18.6. The molecule has 0 saturated heterocycles. The van der Waals surface area contributed by atoms with E-state index in [1.54, 1.807) is 24.2 Å². The van der Waals surface area contributed by atoms with Gasteiger partial charge in [-0.25, -0.2) is 14.6 Å². The van der Waals surface area contributed by atoms with Crippen molar-refractivity contribution < 1.29 is 9.26 Å². The molecule has 0 aliphatic rings. The second kappa shape index (κ2) is 7.06. The number of rotatable bonds is 4. The number of anilines is 2. The number of nitrogens with zero attached hydrogens (tertiary/aromatic N) is 5. The summed E-state index contributed by atoms with van der Waals surface area (Å²) in [6, 6.07) is 9.95. The van der Waals surface area contributed by atoms with Gasteiger partial charge in [-0.15, -0.1) is 0 Å². The molecule has 0 atom stereocenters. The number of hydrogen-bond donors (Lipinski definition) is 2. The van der Waals surface area contributed by atoms with E-state index in [1.807, 2.05) is 45.2 Å². The van der Waals surface area contributed by atoms with Crippen molar-refractivity contribution >= 4 is 44.5 Å². The normalized spacial score (nSPS) is 11.6. The molecule has 0 saturated carbocycles. The van der Waals surface area contributed by atoms with Crippen LogP contribution in [0.3, 0.4) is 0 Å². The highest BCUT2D eigenvalue weighted by atomic mass is 16.5. The summed E-state index contributed by atoms with van der Waals surface area (Å²) in [5.74, 6) is 2.89. The number of H-pyrrole nitrogens is 1. The summed E-state index contributed by atoms with van der Waals surface area (Å²) in [6.45, 7) is 3.83. The van der Waals surface area contributed by atoms with Gasteiger partial charge in [0.05, 0.1) is 34.7 Å². The maximum absolute atomic E-state index is 5.78. The second-order valence-electron chi connectivity index (χ2n) is 7.98. The van der Waals surface area contributed by atoms with E-state index in [0.29, 0.717) is 11.6 Å². The Balaban J connectivity index is 1.57. The van der Waals surface area contributed by atoms with Gasteiger partial charge in [-0.1, -0.05) is 5.16 Å². The van der Waals surface area contributed by atoms with Crippen LogP contribution in [0.15, 0.2) is 47.2 Å². The number of aromatic nitrogens is 6. The van der Waals surface area contributed by atoms with Crippen molar-refractivity contribution in [2.75, 3.05) is 12.4 Å². The molecule has 6 aromatic rings. The first kappa shape index (κ1) is 19.3. The lowest BCUT2D eigenvalue weighted by molar-refractivity contribution is 0.393. The Morgan fingerprint density at radius 2 is 1.91 bits per heavy atom. The van der Waals surface area contributed by atoms with Crippen molar-refractivity contribution in [3.8, 4) is 16.9 Å². The molecule has 0 radical (unpaired) electrons. The summed E-state index contributed by atoms with van der Waals surface area (Å²) in [6.07, 6.45) is 3.53. The highest BCUT2D eigenvalue weighted by Crippen LogP contribution is 2.41. The Kier molecular flexibility index (Phi) is 4.13. The molecule has 2 N–H and O–H groups in total. The van der Waals surface area contributed by atoms with E-state index in [-0.39, 0.29) is 0 Å². The van der Waals surface area contributed by atoms with Crippen molar-refractivity contribution in [3.63, 3.8) is 0 Å². The van der Waals surface area contributed by atoms with Gasteiger partial charge in [0.15, 0.2) is 11.5 Å². The molecule has 0 amide bonds. The Hall–Kier alpha value is -4.40. The van der Waals surface area contributed by atoms with Gasteiger partial charge in [-0.2, -0.15) is 5.10 Å². The Labute approximate surface area is 188 Å². The minimum absolute atomic E-state index is 0.703. The summed E-state index contributed by atoms with van der Waals surface area (Å²) < 4.78 is 12.9. The van der Waals surface area contributed by atoms with Gasteiger partial charge in [-0.05, 0) is 44.2 Å². The smallest absolute Gasteiger partial charge is 0.163 e. The van der Waals surface area contributed by atoms with Gasteiger partial charge in [0.1, 0.15) is 17.3 Å². The van der Waals surface area contributed by atoms with E-state index in [4.69, 9.17) is 9.26 Å². The summed E-state index contributed by atoms with van der Waals surface area (Å²) >= 11 is 0. The van der Waals surface area contributed by atoms with Crippen LogP contribution in [0, 0.1) is 13.8 Å². The maximum atomic E-state index is 5.78. The van der Waals surface area contributed by atoms with Crippen molar-refractivity contribution in [3.05, 3.63) is 54.2 Å². The molecule has 6 rings (SSSR count). The summed E-state index contributed by atoms with van der Waals surface area (Å²) in [7, 11) is 3.55. The van der Waals surface area contributed by atoms with Gasteiger partial charge in [0.25, 0.3) is 0 Å². The van der Waals surface area contributed by atoms with Crippen molar-refractivity contribution in [1.29, 1.82) is 0 Å². The van der Waals surface area contributed by atoms with E-state index in [2.05, 4.69) is 36.6 Å². The van der Waals surface area contributed by atoms with Gasteiger partial charge in [-0.3, -0.25) is 0 Å². The Bertz CT molecular complexity index is 1660. The largest absolute Gasteiger partial charge is 0.496 e. The monoisotopic (exact) mass is 439 g/mol. The third-order valence-electron chi connectivity index (χ3n) is 5.97. The van der Waals surface area contributed by atoms with Crippen LogP contribution in [0.1, 0.15) is 11.5 Å². The van der Waals surface area contributed by atoms with Crippen LogP contribution < -0.4 is 10.1 Å². The quantitative estimate of drug-likeness (QED) is 0.397. The number of pyridine rings is 2. The number of hydrogen-bond acceptors (Lipinski definition) is 7. The average molecular weight is 439 g/mol. The second-order valence-corrected chi connectivity index (χ2v) is 7.98. The molecule has 0 bridgehead atoms. The van der Waals surface area contributed by atoms with Crippen LogP contribution in [0.5, 0.6) is 5.75 Å². The summed E-state index contributed by atoms with van der Waals surface area (Å²) in [5.41, 5.74) is 5.41. The highest BCUT2D eigenvalue weighted by Gasteiger charge is 2.20. The lowest BCUT2D eigenvalue weighted by Crippen LogP contribution is -1.97. The number of aryl methyl sites for hydroxylation is 3. The zero-order valence-corrected chi connectivity index (χ0v) is 18.6. The molecule has 0 unspecified atom stereocenters. The van der Waals surface area contributed by atoms with Crippen LogP contribution >= 0.6 is 0 Å². The number of benzene rings is 1. The van der Waals surface area contributed by atoms with Crippen LogP contribution in [0.4, 0.5) is 11.6 Å². The Morgan fingerprint density at radius 3 is 2.70 bits per heavy atom. The van der Waals surface area contributed by atoms with Crippen LogP contribution in [-0.2, 0) is 7.05 Å². The standard InChI is InChI=1S/C24H21N7O2/c1-12-20(13(2)33-30-12)16-10-18-15(11-19(16)32-4)21-17(27-18)7-9-25-23(21)28-22-14-6-5-8-26-24(14)31(3)29-22/h5-11,27H,1-4H3,(H,25,28,29). The lowest BCUT2D eigenvalue weighted by Gasteiger charge is -2.09. The average Bonchev–Trinajstić information content (AvgIpc) is 3.46. The molecule has 0 fully saturated rings. The van der Waals surface area contributed by atoms with E-state index < -0.39 is 0 Å². The number of nitrogens with one attached hydrogen (secondary N) is 2. The van der Waals surface area contributed by atoms with Crippen molar-refractivity contribution in [2.45, 2.75) is 13.8 Å². The van der Waals surface area contributed by atoms with E-state index in [0.717, 1.165) is 61.2 Å². The molecule has 0 spiro atoms. The SMILES string of the molecule is COc1cc2c(cc1-c1c(C)noc1C)[nH]c1ccnc(Nc3nn(C)c4ncccc34)c12. The van der Waals surface area contributed by atoms with E-state index in [9.17, 15) is 0 Å². The molecule has 164 valence electrons. The molecule has 5 heterocycles. The summed E-state index contributed by atoms with van der Waals surface area (Å²) in [4.78, 5) is 12.6. The molecule has 9 nitrogen and oxygen atoms in total. The maximum Gasteiger partial charge on any atom is 0.163 e. The molecule has 5 aromatic heterocycles. The predicted molar refractivity (Wildman–Crippen MR) is 127 cm³/mol. The highest BCUT2D eigenvalue weighted by molar-refractivity contribution is 6.14. The van der Waals surface area contributed by atoms with Crippen LogP contribution in [0.2, 0.25) is 0 Å². The molecule has 0 aliphatic heterocycles. The molecule has 9 heteroatoms. The molecule has 33 heavy (non-hydrogen) atoms. The van der Waals surface area contributed by atoms with Crippen LogP contribution in [-0.4, -0.2) is 37.0 Å². The summed E-state index contributed by atoms with van der Waals surface area (Å²) in [5, 5.41) is 15.0. The molecular formula is C24H21N7O2. The molecule has 1 aromatic carbocycles. The van der Waals surface area contributed by atoms with E-state index >= 15 is 0 Å². The van der Waals surface area contributed by atoms with Gasteiger partial charge < -0.3 is 19.6 Å². The van der Waals surface area contributed by atoms with E-state index in [1.165, 1.54) is 0 Å². The first-order valence-corrected chi connectivity index (χ1v) is 10.5. The minimum atomic E-state index is 0.703. The van der Waals surface area contributed by atoms with Gasteiger partial charge in [0.2, 0.25) is 0 Å². The topological polar surface area (TPSA) is 107 Å². The number of aromatic amines is 1. The van der Waals surface area contributed by atoms with Crippen LogP contribution in [0.25, 0.3) is 44.0 Å². The fraction of sp³-hybridized carbons (Fsp3) is 0.167. The lowest BCUT2D eigenvalue weighted by atomic mass is 10.0. The Morgan fingerprint density at radius 1 is 1.03 bits per heavy atom. The predicted octanol–water partition coefficient (Wildman–Crippen LogP) is 5.02. The first-order valence-electron chi connectivity index (χ1n) is 10.5.